The Balaban J connectivity index is 1.45. The second-order valence-corrected chi connectivity index (χ2v) is 7.59. The van der Waals surface area contributed by atoms with Crippen molar-refractivity contribution in [3.63, 3.8) is 0 Å². The van der Waals surface area contributed by atoms with Crippen molar-refractivity contribution in [2.45, 2.75) is 25.7 Å². The lowest BCUT2D eigenvalue weighted by molar-refractivity contribution is -0.123. The summed E-state index contributed by atoms with van der Waals surface area (Å²) in [5, 5.41) is 9.89. The highest BCUT2D eigenvalue weighted by Crippen LogP contribution is 2.25. The van der Waals surface area contributed by atoms with E-state index in [0.717, 1.165) is 27.7 Å². The largest absolute Gasteiger partial charge is 0.299 e. The Kier molecular flexibility index (Phi) is 5.62. The third kappa shape index (κ3) is 4.48. The van der Waals surface area contributed by atoms with Crippen LogP contribution >= 0.6 is 0 Å². The van der Waals surface area contributed by atoms with E-state index in [1.165, 1.54) is 0 Å². The molecule has 0 atom stereocenters. The van der Waals surface area contributed by atoms with E-state index in [2.05, 4.69) is 15.3 Å². The minimum absolute atomic E-state index is 0.0757. The molecule has 0 saturated carbocycles. The Bertz CT molecular complexity index is 1010. The summed E-state index contributed by atoms with van der Waals surface area (Å²) in [4.78, 5) is 18.9. The summed E-state index contributed by atoms with van der Waals surface area (Å²) in [7, 11) is 1.84. The molecular formula is C21H23F2N5O. The van der Waals surface area contributed by atoms with Crippen molar-refractivity contribution >= 4 is 16.6 Å². The molecule has 3 heterocycles. The topological polar surface area (TPSA) is 63.9 Å². The van der Waals surface area contributed by atoms with Gasteiger partial charge < -0.3 is 0 Å². The Labute approximate surface area is 167 Å². The molecule has 0 aliphatic carbocycles. The van der Waals surface area contributed by atoms with Crippen molar-refractivity contribution in [1.82, 2.24) is 24.9 Å². The van der Waals surface area contributed by atoms with Gasteiger partial charge in [0.05, 0.1) is 18.4 Å². The van der Waals surface area contributed by atoms with Crippen molar-refractivity contribution in [1.29, 1.82) is 0 Å². The molecule has 0 spiro atoms. The second kappa shape index (κ2) is 8.32. The maximum Gasteiger partial charge on any atom is 0.251 e. The Hall–Kier alpha value is -2.74. The van der Waals surface area contributed by atoms with E-state index in [1.54, 1.807) is 22.0 Å². The molecule has 0 N–H and O–H groups in total. The predicted molar refractivity (Wildman–Crippen MR) is 106 cm³/mol. The molecule has 2 aromatic heterocycles. The average Bonchev–Trinajstić information content (AvgIpc) is 3.13. The maximum absolute atomic E-state index is 12.7. The van der Waals surface area contributed by atoms with E-state index in [9.17, 15) is 13.6 Å². The second-order valence-electron chi connectivity index (χ2n) is 7.59. The number of ketones is 1. The normalized spacial score (nSPS) is 16.0. The monoisotopic (exact) mass is 399 g/mol. The molecule has 1 aliphatic rings. The summed E-state index contributed by atoms with van der Waals surface area (Å²) < 4.78 is 26.7. The zero-order valence-corrected chi connectivity index (χ0v) is 16.3. The molecule has 29 heavy (non-hydrogen) atoms. The highest BCUT2D eigenvalue weighted by molar-refractivity contribution is 5.88. The molecule has 1 fully saturated rings. The summed E-state index contributed by atoms with van der Waals surface area (Å²) in [5.74, 6) is 0.0637. The molecule has 1 saturated heterocycles. The Morgan fingerprint density at radius 3 is 2.66 bits per heavy atom. The van der Waals surface area contributed by atoms with Gasteiger partial charge >= 0.3 is 0 Å². The van der Waals surface area contributed by atoms with Gasteiger partial charge in [0.2, 0.25) is 0 Å². The molecular weight excluding hydrogens is 376 g/mol. The number of nitrogens with zero attached hydrogens (tertiary/aromatic N) is 5. The number of rotatable bonds is 6. The number of benzene rings is 1. The van der Waals surface area contributed by atoms with Crippen LogP contribution in [0.15, 0.2) is 36.7 Å². The number of hydrogen-bond acceptors (Lipinski definition) is 5. The Morgan fingerprint density at radius 2 is 1.97 bits per heavy atom. The number of hydrogen-bond donors (Lipinski definition) is 0. The van der Waals surface area contributed by atoms with Gasteiger partial charge in [-0.2, -0.15) is 0 Å². The average molecular weight is 399 g/mol. The van der Waals surface area contributed by atoms with Crippen LogP contribution in [0.1, 0.15) is 18.5 Å². The number of carbonyl (C=O) groups excluding carboxylic acids is 1. The van der Waals surface area contributed by atoms with E-state index >= 15 is 0 Å². The molecule has 1 aromatic carbocycles. The van der Waals surface area contributed by atoms with Crippen molar-refractivity contribution in [2.75, 3.05) is 19.6 Å². The van der Waals surface area contributed by atoms with Crippen molar-refractivity contribution < 1.29 is 13.6 Å². The van der Waals surface area contributed by atoms with Crippen LogP contribution in [0.4, 0.5) is 8.78 Å². The van der Waals surface area contributed by atoms with Crippen LogP contribution in [0.5, 0.6) is 0 Å². The van der Waals surface area contributed by atoms with Crippen LogP contribution in [0.2, 0.25) is 0 Å². The zero-order chi connectivity index (χ0) is 20.4. The lowest BCUT2D eigenvalue weighted by atomic mass is 9.90. The number of piperidine rings is 1. The first kappa shape index (κ1) is 19.6. The van der Waals surface area contributed by atoms with Gasteiger partial charge in [0.1, 0.15) is 5.78 Å². The quantitative estimate of drug-likeness (QED) is 0.637. The summed E-state index contributed by atoms with van der Waals surface area (Å²) in [6, 6.07) is 7.99. The van der Waals surface area contributed by atoms with E-state index in [1.807, 2.05) is 31.3 Å². The van der Waals surface area contributed by atoms with E-state index in [4.69, 9.17) is 0 Å². The molecule has 8 heteroatoms. The maximum atomic E-state index is 12.7. The standard InChI is InChI=1S/C21H23F2N5O/c1-27-19(12-25-26-27)15-2-3-16-11-24-18(9-17(16)8-15)10-20(29)14-4-6-28(7-5-14)13-21(22)23/h2-3,8-9,11-12,14,21H,4-7,10,13H2,1H3. The fraction of sp³-hybridized carbons (Fsp3) is 0.429. The number of alkyl halides is 2. The van der Waals surface area contributed by atoms with Crippen LogP contribution in [-0.2, 0) is 18.3 Å². The summed E-state index contributed by atoms with van der Waals surface area (Å²) in [5.41, 5.74) is 2.65. The Morgan fingerprint density at radius 1 is 1.17 bits per heavy atom. The van der Waals surface area contributed by atoms with E-state index in [-0.39, 0.29) is 24.7 Å². The van der Waals surface area contributed by atoms with Crippen LogP contribution in [0, 0.1) is 5.92 Å². The SMILES string of the molecule is Cn1nncc1-c1ccc2cnc(CC(=O)C3CCN(CC(F)F)CC3)cc2c1. The highest BCUT2D eigenvalue weighted by atomic mass is 19.3. The lowest BCUT2D eigenvalue weighted by Crippen LogP contribution is -2.39. The van der Waals surface area contributed by atoms with Gasteiger partial charge in [-0.25, -0.2) is 13.5 Å². The number of aryl methyl sites for hydroxylation is 1. The van der Waals surface area contributed by atoms with Crippen molar-refractivity contribution in [3.05, 3.63) is 42.4 Å². The van der Waals surface area contributed by atoms with Crippen molar-refractivity contribution in [2.24, 2.45) is 13.0 Å². The molecule has 0 radical (unpaired) electrons. The first-order valence-electron chi connectivity index (χ1n) is 9.76. The van der Waals surface area contributed by atoms with Crippen LogP contribution < -0.4 is 0 Å². The fourth-order valence-corrected chi connectivity index (χ4v) is 3.95. The van der Waals surface area contributed by atoms with E-state index < -0.39 is 6.43 Å². The fourth-order valence-electron chi connectivity index (χ4n) is 3.95. The number of halogens is 2. The molecule has 152 valence electrons. The lowest BCUT2D eigenvalue weighted by Gasteiger charge is -2.30. The third-order valence-electron chi connectivity index (χ3n) is 5.58. The van der Waals surface area contributed by atoms with Gasteiger partial charge in [0.15, 0.2) is 0 Å². The minimum Gasteiger partial charge on any atom is -0.299 e. The molecule has 0 unspecified atom stereocenters. The summed E-state index contributed by atoms with van der Waals surface area (Å²) >= 11 is 0. The smallest absolute Gasteiger partial charge is 0.251 e. The number of carbonyl (C=O) groups is 1. The summed E-state index contributed by atoms with van der Waals surface area (Å²) in [6.45, 7) is 0.892. The summed E-state index contributed by atoms with van der Waals surface area (Å²) in [6.07, 6.45) is 2.72. The van der Waals surface area contributed by atoms with E-state index in [0.29, 0.717) is 25.9 Å². The third-order valence-corrected chi connectivity index (χ3v) is 5.58. The molecule has 0 bridgehead atoms. The molecule has 4 rings (SSSR count). The van der Waals surface area contributed by atoms with Gasteiger partial charge in [-0.3, -0.25) is 14.7 Å². The van der Waals surface area contributed by atoms with Gasteiger partial charge in [0, 0.05) is 42.2 Å². The number of fused-ring (bicyclic) bond motifs is 1. The number of likely N-dealkylation sites (tertiary alicyclic amines) is 1. The van der Waals surface area contributed by atoms with Gasteiger partial charge in [-0.15, -0.1) is 5.10 Å². The van der Waals surface area contributed by atoms with Crippen LogP contribution in [0.25, 0.3) is 22.0 Å². The number of pyridine rings is 1. The molecule has 0 amide bonds. The van der Waals surface area contributed by atoms with Crippen molar-refractivity contribution in [3.8, 4) is 11.3 Å². The van der Waals surface area contributed by atoms with Gasteiger partial charge in [-0.05, 0) is 43.5 Å². The zero-order valence-electron chi connectivity index (χ0n) is 16.3. The minimum atomic E-state index is -2.32. The molecule has 1 aliphatic heterocycles. The number of aromatic nitrogens is 4. The predicted octanol–water partition coefficient (Wildman–Crippen LogP) is 3.12. The number of Topliss-reactive ketones (excluding diaryl/α,β-unsaturated/α-hetero) is 1. The molecule has 3 aromatic rings. The van der Waals surface area contributed by atoms with Gasteiger partial charge in [0.25, 0.3) is 6.43 Å². The van der Waals surface area contributed by atoms with Gasteiger partial charge in [-0.1, -0.05) is 17.3 Å². The highest BCUT2D eigenvalue weighted by Gasteiger charge is 2.26. The van der Waals surface area contributed by atoms with Crippen LogP contribution in [0.3, 0.4) is 0 Å². The van der Waals surface area contributed by atoms with Crippen LogP contribution in [-0.4, -0.2) is 56.7 Å². The first-order chi connectivity index (χ1) is 14.0. The first-order valence-corrected chi connectivity index (χ1v) is 9.76. The molecule has 6 nitrogen and oxygen atoms in total.